The maximum Gasteiger partial charge on any atom is 0.271 e. The third-order valence-electron chi connectivity index (χ3n) is 4.57. The molecule has 1 aliphatic rings. The quantitative estimate of drug-likeness (QED) is 0.857. The van der Waals surface area contributed by atoms with Gasteiger partial charge in [0.1, 0.15) is 5.69 Å². The molecule has 1 heterocycles. The fourth-order valence-electron chi connectivity index (χ4n) is 3.09. The number of hydrogen-bond acceptors (Lipinski definition) is 4. The lowest BCUT2D eigenvalue weighted by Crippen LogP contribution is -2.28. The summed E-state index contributed by atoms with van der Waals surface area (Å²) < 4.78 is 1.12. The fourth-order valence-corrected chi connectivity index (χ4v) is 3.09. The first kappa shape index (κ1) is 17.8. The Morgan fingerprint density at radius 1 is 1.19 bits per heavy atom. The van der Waals surface area contributed by atoms with Crippen molar-refractivity contribution in [3.63, 3.8) is 0 Å². The van der Waals surface area contributed by atoms with Crippen LogP contribution in [-0.2, 0) is 18.4 Å². The van der Waals surface area contributed by atoms with Crippen LogP contribution in [-0.4, -0.2) is 21.6 Å². The van der Waals surface area contributed by atoms with Gasteiger partial charge in [0.25, 0.3) is 11.5 Å². The van der Waals surface area contributed by atoms with Crippen molar-refractivity contribution in [2.75, 3.05) is 5.32 Å². The summed E-state index contributed by atoms with van der Waals surface area (Å²) in [5.41, 5.74) is 1.51. The molecule has 0 unspecified atom stereocenters. The number of rotatable bonds is 5. The van der Waals surface area contributed by atoms with Gasteiger partial charge in [-0.05, 0) is 36.6 Å². The Morgan fingerprint density at radius 2 is 1.96 bits per heavy atom. The number of anilines is 1. The van der Waals surface area contributed by atoms with Crippen LogP contribution in [0.4, 0.5) is 5.69 Å². The highest BCUT2D eigenvalue weighted by atomic mass is 16.2. The number of aryl methyl sites for hydroxylation is 1. The highest BCUT2D eigenvalue weighted by molar-refractivity contribution is 5.93. The summed E-state index contributed by atoms with van der Waals surface area (Å²) in [6.45, 7) is 0.302. The van der Waals surface area contributed by atoms with Crippen molar-refractivity contribution < 1.29 is 9.59 Å². The predicted octanol–water partition coefficient (Wildman–Crippen LogP) is 1.84. The molecule has 136 valence electrons. The Bertz CT molecular complexity index is 869. The minimum absolute atomic E-state index is 0.0677. The summed E-state index contributed by atoms with van der Waals surface area (Å²) in [6.07, 6.45) is 4.13. The number of nitrogens with zero attached hydrogens (tertiary/aromatic N) is 2. The zero-order valence-corrected chi connectivity index (χ0v) is 14.7. The van der Waals surface area contributed by atoms with Gasteiger partial charge in [-0.1, -0.05) is 25.0 Å². The van der Waals surface area contributed by atoms with Gasteiger partial charge in [0, 0.05) is 31.3 Å². The average Bonchev–Trinajstić information content (AvgIpc) is 3.17. The number of nitrogens with one attached hydrogen (secondary N) is 2. The molecule has 7 nitrogen and oxygen atoms in total. The topological polar surface area (TPSA) is 93.1 Å². The molecule has 1 aromatic heterocycles. The second-order valence-corrected chi connectivity index (χ2v) is 6.53. The van der Waals surface area contributed by atoms with E-state index in [1.54, 1.807) is 0 Å². The van der Waals surface area contributed by atoms with Crippen molar-refractivity contribution in [3.05, 3.63) is 58.0 Å². The van der Waals surface area contributed by atoms with E-state index in [2.05, 4.69) is 15.7 Å². The van der Waals surface area contributed by atoms with Crippen molar-refractivity contribution in [1.29, 1.82) is 0 Å². The number of amides is 2. The molecular weight excluding hydrogens is 332 g/mol. The lowest BCUT2D eigenvalue weighted by Gasteiger charge is -2.12. The van der Waals surface area contributed by atoms with Crippen molar-refractivity contribution in [2.24, 2.45) is 13.0 Å². The largest absolute Gasteiger partial charge is 0.347 e. The van der Waals surface area contributed by atoms with E-state index in [9.17, 15) is 14.4 Å². The second kappa shape index (κ2) is 7.95. The number of carbonyl (C=O) groups excluding carboxylic acids is 2. The van der Waals surface area contributed by atoms with Gasteiger partial charge in [0.05, 0.1) is 0 Å². The normalized spacial score (nSPS) is 14.2. The maximum absolute atomic E-state index is 12.2. The van der Waals surface area contributed by atoms with E-state index in [1.807, 2.05) is 24.3 Å². The van der Waals surface area contributed by atoms with Crippen LogP contribution in [0.25, 0.3) is 0 Å². The zero-order chi connectivity index (χ0) is 18.5. The first-order chi connectivity index (χ1) is 12.5. The summed E-state index contributed by atoms with van der Waals surface area (Å²) in [5.74, 6) is -0.187. The van der Waals surface area contributed by atoms with Crippen LogP contribution < -0.4 is 16.2 Å². The molecule has 2 N–H and O–H groups in total. The minimum Gasteiger partial charge on any atom is -0.347 e. The van der Waals surface area contributed by atoms with Gasteiger partial charge in [-0.25, -0.2) is 4.68 Å². The molecule has 0 bridgehead atoms. The molecule has 1 saturated carbocycles. The number of carbonyl (C=O) groups is 2. The minimum atomic E-state index is -0.360. The summed E-state index contributed by atoms with van der Waals surface area (Å²) in [7, 11) is 1.50. The van der Waals surface area contributed by atoms with Crippen molar-refractivity contribution in [1.82, 2.24) is 15.1 Å². The standard InChI is InChI=1S/C19H22N4O3/c1-23-17(24)10-9-16(22-23)19(26)20-12-13-5-4-8-15(11-13)21-18(25)14-6-2-3-7-14/h4-5,8-11,14H,2-3,6-7,12H2,1H3,(H,20,26)(H,21,25). The van der Waals surface area contributed by atoms with Gasteiger partial charge < -0.3 is 10.6 Å². The number of benzene rings is 1. The SMILES string of the molecule is Cn1nc(C(=O)NCc2cccc(NC(=O)C3CCCC3)c2)ccc1=O. The second-order valence-electron chi connectivity index (χ2n) is 6.53. The van der Waals surface area contributed by atoms with Gasteiger partial charge in [-0.15, -0.1) is 0 Å². The number of aromatic nitrogens is 2. The van der Waals surface area contributed by atoms with E-state index in [0.717, 1.165) is 41.6 Å². The number of hydrogen-bond donors (Lipinski definition) is 2. The molecule has 2 amide bonds. The highest BCUT2D eigenvalue weighted by Gasteiger charge is 2.22. The molecule has 0 spiro atoms. The smallest absolute Gasteiger partial charge is 0.271 e. The molecule has 7 heteroatoms. The Balaban J connectivity index is 1.59. The van der Waals surface area contributed by atoms with E-state index in [0.29, 0.717) is 6.54 Å². The average molecular weight is 354 g/mol. The van der Waals surface area contributed by atoms with E-state index in [4.69, 9.17) is 0 Å². The monoisotopic (exact) mass is 354 g/mol. The summed E-state index contributed by atoms with van der Waals surface area (Å²) in [5, 5.41) is 9.64. The first-order valence-corrected chi connectivity index (χ1v) is 8.75. The summed E-state index contributed by atoms with van der Waals surface area (Å²) >= 11 is 0. The molecule has 1 fully saturated rings. The zero-order valence-electron chi connectivity index (χ0n) is 14.7. The van der Waals surface area contributed by atoms with Crippen LogP contribution in [0.2, 0.25) is 0 Å². The maximum atomic E-state index is 12.2. The van der Waals surface area contributed by atoms with E-state index in [1.165, 1.54) is 19.2 Å². The lowest BCUT2D eigenvalue weighted by molar-refractivity contribution is -0.119. The summed E-state index contributed by atoms with van der Waals surface area (Å²) in [6, 6.07) is 10.1. The predicted molar refractivity (Wildman–Crippen MR) is 97.7 cm³/mol. The molecule has 26 heavy (non-hydrogen) atoms. The van der Waals surface area contributed by atoms with Crippen LogP contribution in [0, 0.1) is 5.92 Å². The van der Waals surface area contributed by atoms with Crippen molar-refractivity contribution in [3.8, 4) is 0 Å². The molecule has 0 aliphatic heterocycles. The molecule has 1 aromatic carbocycles. The van der Waals surface area contributed by atoms with Gasteiger partial charge in [-0.2, -0.15) is 5.10 Å². The van der Waals surface area contributed by atoms with E-state index >= 15 is 0 Å². The van der Waals surface area contributed by atoms with Crippen LogP contribution in [0.3, 0.4) is 0 Å². The van der Waals surface area contributed by atoms with Crippen LogP contribution in [0.1, 0.15) is 41.7 Å². The third kappa shape index (κ3) is 4.36. The van der Waals surface area contributed by atoms with Gasteiger partial charge in [0.15, 0.2) is 0 Å². The molecule has 0 radical (unpaired) electrons. The fraction of sp³-hybridized carbons (Fsp3) is 0.368. The Morgan fingerprint density at radius 3 is 2.69 bits per heavy atom. The lowest BCUT2D eigenvalue weighted by atomic mass is 10.1. The van der Waals surface area contributed by atoms with Crippen molar-refractivity contribution >= 4 is 17.5 Å². The van der Waals surface area contributed by atoms with E-state index < -0.39 is 0 Å². The van der Waals surface area contributed by atoms with Gasteiger partial charge in [0.2, 0.25) is 5.91 Å². The Hall–Kier alpha value is -2.96. The first-order valence-electron chi connectivity index (χ1n) is 8.75. The van der Waals surface area contributed by atoms with E-state index in [-0.39, 0.29) is 29.0 Å². The molecular formula is C19H22N4O3. The van der Waals surface area contributed by atoms with Crippen LogP contribution in [0.5, 0.6) is 0 Å². The highest BCUT2D eigenvalue weighted by Crippen LogP contribution is 2.26. The molecule has 0 atom stereocenters. The van der Waals surface area contributed by atoms with Crippen LogP contribution in [0.15, 0.2) is 41.2 Å². The molecule has 1 aliphatic carbocycles. The molecule has 3 rings (SSSR count). The summed E-state index contributed by atoms with van der Waals surface area (Å²) in [4.78, 5) is 35.7. The van der Waals surface area contributed by atoms with Gasteiger partial charge in [-0.3, -0.25) is 14.4 Å². The van der Waals surface area contributed by atoms with Crippen LogP contribution >= 0.6 is 0 Å². The Kier molecular flexibility index (Phi) is 5.46. The molecule has 2 aromatic rings. The molecule has 0 saturated heterocycles. The van der Waals surface area contributed by atoms with Crippen molar-refractivity contribution in [2.45, 2.75) is 32.2 Å². The third-order valence-corrected chi connectivity index (χ3v) is 4.57. The van der Waals surface area contributed by atoms with Gasteiger partial charge >= 0.3 is 0 Å². The Labute approximate surface area is 151 Å².